The highest BCUT2D eigenvalue weighted by molar-refractivity contribution is 5.87. The molecule has 0 aliphatic rings. The van der Waals surface area contributed by atoms with Gasteiger partial charge in [-0.3, -0.25) is 0 Å². The zero-order valence-electron chi connectivity index (χ0n) is 19.1. The second-order valence-electron chi connectivity index (χ2n) is 8.57. The normalized spacial score (nSPS) is 11.9. The van der Waals surface area contributed by atoms with Crippen molar-refractivity contribution in [2.45, 2.75) is 111 Å². The van der Waals surface area contributed by atoms with Crippen LogP contribution in [0.5, 0.6) is 0 Å². The van der Waals surface area contributed by atoms with Gasteiger partial charge < -0.3 is 4.74 Å². The summed E-state index contributed by atoms with van der Waals surface area (Å²) in [5.41, 5.74) is 0.707. The van der Waals surface area contributed by atoms with Gasteiger partial charge in [-0.25, -0.2) is 14.5 Å². The number of aromatic nitrogens is 3. The molecule has 0 saturated carbocycles. The first-order valence-electron chi connectivity index (χ1n) is 11.8. The molecule has 0 aliphatic carbocycles. The SMILES string of the molecule is CC(=CC(=O)OCCCCCCCCCCCCCCCC(C)C)n1cncn1. The Balaban J connectivity index is 1.81. The third kappa shape index (κ3) is 14.9. The lowest BCUT2D eigenvalue weighted by molar-refractivity contribution is -0.137. The molecule has 0 bridgehead atoms. The van der Waals surface area contributed by atoms with Crippen LogP contribution in [0.1, 0.15) is 111 Å². The van der Waals surface area contributed by atoms with E-state index in [1.165, 1.54) is 89.5 Å². The van der Waals surface area contributed by atoms with Crippen LogP contribution in [0.3, 0.4) is 0 Å². The molecule has 29 heavy (non-hydrogen) atoms. The van der Waals surface area contributed by atoms with Crippen molar-refractivity contribution in [3.63, 3.8) is 0 Å². The summed E-state index contributed by atoms with van der Waals surface area (Å²) >= 11 is 0. The van der Waals surface area contributed by atoms with E-state index in [9.17, 15) is 4.79 Å². The van der Waals surface area contributed by atoms with E-state index < -0.39 is 0 Å². The third-order valence-corrected chi connectivity index (χ3v) is 5.28. The number of hydrogen-bond acceptors (Lipinski definition) is 4. The summed E-state index contributed by atoms with van der Waals surface area (Å²) in [6.45, 7) is 6.94. The second-order valence-corrected chi connectivity index (χ2v) is 8.57. The van der Waals surface area contributed by atoms with Gasteiger partial charge in [-0.05, 0) is 19.3 Å². The molecule has 0 atom stereocenters. The molecule has 0 aliphatic heterocycles. The summed E-state index contributed by atoms with van der Waals surface area (Å²) in [5.74, 6) is 0.556. The second kappa shape index (κ2) is 17.2. The van der Waals surface area contributed by atoms with Gasteiger partial charge in [-0.2, -0.15) is 5.10 Å². The average Bonchev–Trinajstić information content (AvgIpc) is 3.22. The van der Waals surface area contributed by atoms with Gasteiger partial charge in [0.1, 0.15) is 12.7 Å². The first kappa shape index (κ1) is 25.4. The first-order chi connectivity index (χ1) is 14.1. The average molecular weight is 406 g/mol. The van der Waals surface area contributed by atoms with Crippen LogP contribution in [-0.2, 0) is 9.53 Å². The van der Waals surface area contributed by atoms with Gasteiger partial charge in [0, 0.05) is 11.8 Å². The summed E-state index contributed by atoms with van der Waals surface area (Å²) in [7, 11) is 0. The minimum atomic E-state index is -0.307. The van der Waals surface area contributed by atoms with Gasteiger partial charge in [-0.15, -0.1) is 0 Å². The van der Waals surface area contributed by atoms with Crippen LogP contribution >= 0.6 is 0 Å². The highest BCUT2D eigenvalue weighted by Gasteiger charge is 2.02. The predicted molar refractivity (Wildman–Crippen MR) is 120 cm³/mol. The summed E-state index contributed by atoms with van der Waals surface area (Å²) < 4.78 is 6.80. The molecule has 5 nitrogen and oxygen atoms in total. The van der Waals surface area contributed by atoms with Crippen LogP contribution in [0.15, 0.2) is 18.7 Å². The van der Waals surface area contributed by atoms with Crippen LogP contribution in [-0.4, -0.2) is 27.3 Å². The Kier molecular flexibility index (Phi) is 15.1. The number of hydrogen-bond donors (Lipinski definition) is 0. The minimum Gasteiger partial charge on any atom is -0.462 e. The fourth-order valence-corrected chi connectivity index (χ4v) is 3.44. The van der Waals surface area contributed by atoms with Crippen LogP contribution in [0.25, 0.3) is 5.70 Å². The molecule has 0 N–H and O–H groups in total. The van der Waals surface area contributed by atoms with Crippen molar-refractivity contribution >= 4 is 11.7 Å². The maximum atomic E-state index is 11.7. The Morgan fingerprint density at radius 3 is 1.90 bits per heavy atom. The smallest absolute Gasteiger partial charge is 0.332 e. The van der Waals surface area contributed by atoms with Gasteiger partial charge in [0.2, 0.25) is 0 Å². The van der Waals surface area contributed by atoms with Gasteiger partial charge in [0.25, 0.3) is 0 Å². The summed E-state index contributed by atoms with van der Waals surface area (Å²) in [6.07, 6.45) is 23.1. The Labute approximate surface area is 178 Å². The fraction of sp³-hybridized carbons (Fsp3) is 0.792. The predicted octanol–water partition coefficient (Wildman–Crippen LogP) is 6.80. The molecule has 0 fully saturated rings. The highest BCUT2D eigenvalue weighted by atomic mass is 16.5. The molecular weight excluding hydrogens is 362 g/mol. The van der Waals surface area contributed by atoms with Gasteiger partial charge in [-0.1, -0.05) is 97.3 Å². The molecule has 1 heterocycles. The Hall–Kier alpha value is -1.65. The lowest BCUT2D eigenvalue weighted by Crippen LogP contribution is -2.05. The standard InChI is InChI=1S/C24H43N3O2/c1-22(2)17-15-13-11-9-7-5-4-6-8-10-12-14-16-18-29-24(28)19-23(3)27-21-25-20-26-27/h19-22H,4-18H2,1-3H3. The topological polar surface area (TPSA) is 57.0 Å². The van der Waals surface area contributed by atoms with Crippen LogP contribution in [0.2, 0.25) is 0 Å². The minimum absolute atomic E-state index is 0.307. The van der Waals surface area contributed by atoms with Crippen molar-refractivity contribution in [3.8, 4) is 0 Å². The molecule has 0 aromatic carbocycles. The zero-order valence-corrected chi connectivity index (χ0v) is 19.1. The number of allylic oxidation sites excluding steroid dienone is 1. The van der Waals surface area contributed by atoms with Crippen molar-refractivity contribution in [2.75, 3.05) is 6.61 Å². The number of ether oxygens (including phenoxy) is 1. The molecule has 1 aromatic heterocycles. The summed E-state index contributed by atoms with van der Waals surface area (Å²) in [6, 6.07) is 0. The molecule has 166 valence electrons. The van der Waals surface area contributed by atoms with Gasteiger partial charge in [0.15, 0.2) is 0 Å². The zero-order chi connectivity index (χ0) is 21.2. The van der Waals surface area contributed by atoms with E-state index in [0.29, 0.717) is 12.3 Å². The number of nitrogens with zero attached hydrogens (tertiary/aromatic N) is 3. The van der Waals surface area contributed by atoms with E-state index in [2.05, 4.69) is 23.9 Å². The molecular formula is C24H43N3O2. The fourth-order valence-electron chi connectivity index (χ4n) is 3.44. The monoisotopic (exact) mass is 405 g/mol. The molecule has 1 rings (SSSR count). The van der Waals surface area contributed by atoms with Gasteiger partial charge in [0.05, 0.1) is 6.61 Å². The quantitative estimate of drug-likeness (QED) is 0.153. The Morgan fingerprint density at radius 2 is 1.41 bits per heavy atom. The van der Waals surface area contributed by atoms with Crippen molar-refractivity contribution in [1.29, 1.82) is 0 Å². The Bertz CT molecular complexity index is 538. The lowest BCUT2D eigenvalue weighted by Gasteiger charge is -2.05. The molecule has 0 spiro atoms. The molecule has 0 saturated heterocycles. The molecule has 5 heteroatoms. The number of rotatable bonds is 18. The van der Waals surface area contributed by atoms with E-state index in [1.54, 1.807) is 11.0 Å². The molecule has 0 amide bonds. The van der Waals surface area contributed by atoms with Crippen molar-refractivity contribution in [1.82, 2.24) is 14.8 Å². The van der Waals surface area contributed by atoms with Crippen LogP contribution in [0, 0.1) is 5.92 Å². The number of carbonyl (C=O) groups is 1. The summed E-state index contributed by atoms with van der Waals surface area (Å²) in [4.78, 5) is 15.6. The Morgan fingerprint density at radius 1 is 0.897 bits per heavy atom. The molecule has 0 unspecified atom stereocenters. The highest BCUT2D eigenvalue weighted by Crippen LogP contribution is 2.14. The van der Waals surface area contributed by atoms with Crippen molar-refractivity contribution in [3.05, 3.63) is 18.7 Å². The van der Waals surface area contributed by atoms with Gasteiger partial charge >= 0.3 is 5.97 Å². The van der Waals surface area contributed by atoms with Crippen molar-refractivity contribution < 1.29 is 9.53 Å². The third-order valence-electron chi connectivity index (χ3n) is 5.28. The molecule has 0 radical (unpaired) electrons. The van der Waals surface area contributed by atoms with Crippen molar-refractivity contribution in [2.24, 2.45) is 5.92 Å². The van der Waals surface area contributed by atoms with E-state index in [1.807, 2.05) is 6.92 Å². The van der Waals surface area contributed by atoms with Crippen LogP contribution < -0.4 is 0 Å². The number of esters is 1. The first-order valence-corrected chi connectivity index (χ1v) is 11.8. The lowest BCUT2D eigenvalue weighted by atomic mass is 10.0. The summed E-state index contributed by atoms with van der Waals surface area (Å²) in [5, 5.41) is 3.98. The van der Waals surface area contributed by atoms with E-state index in [0.717, 1.165) is 18.8 Å². The maximum absolute atomic E-state index is 11.7. The van der Waals surface area contributed by atoms with E-state index >= 15 is 0 Å². The molecule has 1 aromatic rings. The van der Waals surface area contributed by atoms with Crippen LogP contribution in [0.4, 0.5) is 0 Å². The number of unbranched alkanes of at least 4 members (excludes halogenated alkanes) is 12. The van der Waals surface area contributed by atoms with E-state index in [4.69, 9.17) is 4.74 Å². The maximum Gasteiger partial charge on any atom is 0.332 e. The van der Waals surface area contributed by atoms with E-state index in [-0.39, 0.29) is 5.97 Å². The number of carbonyl (C=O) groups excluding carboxylic acids is 1. The largest absolute Gasteiger partial charge is 0.462 e.